The Labute approximate surface area is 127 Å². The van der Waals surface area contributed by atoms with Gasteiger partial charge in [-0.3, -0.25) is 4.55 Å². The van der Waals surface area contributed by atoms with E-state index in [9.17, 15) is 8.42 Å². The lowest BCUT2D eigenvalue weighted by atomic mass is 9.93. The third-order valence-corrected chi connectivity index (χ3v) is 4.42. The van der Waals surface area contributed by atoms with Crippen LogP contribution in [0.4, 0.5) is 0 Å². The third-order valence-electron chi connectivity index (χ3n) is 3.55. The highest BCUT2D eigenvalue weighted by molar-refractivity contribution is 7.85. The van der Waals surface area contributed by atoms with E-state index in [0.29, 0.717) is 6.61 Å². The first-order chi connectivity index (χ1) is 9.93. The molecule has 0 unspecified atom stereocenters. The van der Waals surface area contributed by atoms with Crippen molar-refractivity contribution in [2.24, 2.45) is 5.92 Å². The van der Waals surface area contributed by atoms with E-state index in [4.69, 9.17) is 9.66 Å². The largest absolute Gasteiger partial charge is 0.396 e. The summed E-state index contributed by atoms with van der Waals surface area (Å²) >= 11 is 0. The van der Waals surface area contributed by atoms with Crippen molar-refractivity contribution in [1.82, 2.24) is 5.32 Å². The van der Waals surface area contributed by atoms with Gasteiger partial charge in [-0.2, -0.15) is 8.42 Å². The lowest BCUT2D eigenvalue weighted by Gasteiger charge is -2.21. The first-order valence-electron chi connectivity index (χ1n) is 7.29. The van der Waals surface area contributed by atoms with Crippen LogP contribution in [0, 0.1) is 12.8 Å². The van der Waals surface area contributed by atoms with E-state index in [-0.39, 0.29) is 4.90 Å². The highest BCUT2D eigenvalue weighted by Gasteiger charge is 2.11. The van der Waals surface area contributed by atoms with Crippen LogP contribution in [0.25, 0.3) is 0 Å². The number of hydrogen-bond acceptors (Lipinski definition) is 4. The average molecular weight is 315 g/mol. The van der Waals surface area contributed by atoms with Gasteiger partial charge in [0.2, 0.25) is 0 Å². The Kier molecular flexibility index (Phi) is 7.88. The van der Waals surface area contributed by atoms with Crippen LogP contribution in [0.15, 0.2) is 29.2 Å². The molecule has 0 aliphatic carbocycles. The summed E-state index contributed by atoms with van der Waals surface area (Å²) in [5.74, 6) is 0.883. The average Bonchev–Trinajstić information content (AvgIpc) is 2.46. The van der Waals surface area contributed by atoms with E-state index in [0.717, 1.165) is 17.9 Å². The van der Waals surface area contributed by atoms with Crippen molar-refractivity contribution < 1.29 is 18.1 Å². The SMILES string of the molecule is Cc1ccc(S(=O)(=O)O)cc1.OCCCC1CCNCC1. The second kappa shape index (κ2) is 9.15. The molecule has 1 aromatic carbocycles. The molecule has 0 amide bonds. The lowest BCUT2D eigenvalue weighted by molar-refractivity contribution is 0.257. The minimum absolute atomic E-state index is 0.0666. The molecule has 1 heterocycles. The quantitative estimate of drug-likeness (QED) is 0.740. The number of aliphatic hydroxyl groups is 1. The maximum Gasteiger partial charge on any atom is 0.294 e. The first kappa shape index (κ1) is 18.1. The van der Waals surface area contributed by atoms with E-state index in [1.165, 1.54) is 44.5 Å². The maximum atomic E-state index is 10.5. The van der Waals surface area contributed by atoms with Gasteiger partial charge in [0.25, 0.3) is 10.1 Å². The van der Waals surface area contributed by atoms with Gasteiger partial charge in [0.15, 0.2) is 0 Å². The molecule has 0 spiro atoms. The number of rotatable bonds is 4. The van der Waals surface area contributed by atoms with E-state index >= 15 is 0 Å². The summed E-state index contributed by atoms with van der Waals surface area (Å²) in [6.45, 7) is 4.56. The van der Waals surface area contributed by atoms with Gasteiger partial charge < -0.3 is 10.4 Å². The molecule has 1 fully saturated rings. The van der Waals surface area contributed by atoms with Crippen LogP contribution >= 0.6 is 0 Å². The molecular formula is C15H25NO4S. The number of nitrogens with one attached hydrogen (secondary N) is 1. The van der Waals surface area contributed by atoms with Crippen molar-refractivity contribution in [3.8, 4) is 0 Å². The van der Waals surface area contributed by atoms with Crippen molar-refractivity contribution in [3.63, 3.8) is 0 Å². The highest BCUT2D eigenvalue weighted by Crippen LogP contribution is 2.16. The van der Waals surface area contributed by atoms with Gasteiger partial charge in [-0.05, 0) is 63.7 Å². The molecule has 21 heavy (non-hydrogen) atoms. The monoisotopic (exact) mass is 315 g/mol. The molecule has 1 aliphatic heterocycles. The molecule has 0 bridgehead atoms. The number of aliphatic hydroxyl groups excluding tert-OH is 1. The van der Waals surface area contributed by atoms with Crippen molar-refractivity contribution >= 4 is 10.1 Å². The Hall–Kier alpha value is -0.950. The van der Waals surface area contributed by atoms with Crippen LogP contribution in [0.5, 0.6) is 0 Å². The Morgan fingerprint density at radius 1 is 1.19 bits per heavy atom. The highest BCUT2D eigenvalue weighted by atomic mass is 32.2. The molecule has 1 saturated heterocycles. The zero-order chi connectivity index (χ0) is 15.7. The molecule has 2 rings (SSSR count). The van der Waals surface area contributed by atoms with Crippen LogP contribution in [0.2, 0.25) is 0 Å². The molecule has 6 heteroatoms. The maximum absolute atomic E-state index is 10.5. The number of hydrogen-bond donors (Lipinski definition) is 3. The van der Waals surface area contributed by atoms with Gasteiger partial charge >= 0.3 is 0 Å². The zero-order valence-electron chi connectivity index (χ0n) is 12.5. The topological polar surface area (TPSA) is 86.6 Å². The van der Waals surface area contributed by atoms with Crippen molar-refractivity contribution in [1.29, 1.82) is 0 Å². The zero-order valence-corrected chi connectivity index (χ0v) is 13.3. The van der Waals surface area contributed by atoms with Gasteiger partial charge in [-0.25, -0.2) is 0 Å². The summed E-state index contributed by atoms with van der Waals surface area (Å²) in [5.41, 5.74) is 0.956. The molecule has 0 atom stereocenters. The minimum Gasteiger partial charge on any atom is -0.396 e. The fraction of sp³-hybridized carbons (Fsp3) is 0.600. The smallest absolute Gasteiger partial charge is 0.294 e. The van der Waals surface area contributed by atoms with Crippen molar-refractivity contribution in [3.05, 3.63) is 29.8 Å². The van der Waals surface area contributed by atoms with Gasteiger partial charge in [-0.1, -0.05) is 17.7 Å². The number of aryl methyl sites for hydroxylation is 1. The fourth-order valence-corrected chi connectivity index (χ4v) is 2.74. The van der Waals surface area contributed by atoms with Gasteiger partial charge in [0.05, 0.1) is 4.90 Å². The molecule has 1 aliphatic rings. The third kappa shape index (κ3) is 7.57. The molecular weight excluding hydrogens is 290 g/mol. The van der Waals surface area contributed by atoms with Crippen LogP contribution in [-0.4, -0.2) is 37.8 Å². The second-order valence-corrected chi connectivity index (χ2v) is 6.77. The van der Waals surface area contributed by atoms with E-state index in [1.54, 1.807) is 12.1 Å². The predicted octanol–water partition coefficient (Wildman–Crippen LogP) is 2.00. The summed E-state index contributed by atoms with van der Waals surface area (Å²) < 4.78 is 29.6. The van der Waals surface area contributed by atoms with Crippen molar-refractivity contribution in [2.45, 2.75) is 37.5 Å². The normalized spacial score (nSPS) is 16.1. The van der Waals surface area contributed by atoms with Gasteiger partial charge in [0, 0.05) is 6.61 Å². The van der Waals surface area contributed by atoms with Gasteiger partial charge in [-0.15, -0.1) is 0 Å². The van der Waals surface area contributed by atoms with E-state index < -0.39 is 10.1 Å². The van der Waals surface area contributed by atoms with Crippen LogP contribution in [0.3, 0.4) is 0 Å². The Bertz CT molecular complexity index is 493. The molecule has 1 aromatic rings. The molecule has 120 valence electrons. The summed E-state index contributed by atoms with van der Waals surface area (Å²) in [4.78, 5) is -0.0666. The van der Waals surface area contributed by atoms with E-state index in [2.05, 4.69) is 5.32 Å². The van der Waals surface area contributed by atoms with Gasteiger partial charge in [0.1, 0.15) is 0 Å². The van der Waals surface area contributed by atoms with Crippen LogP contribution in [-0.2, 0) is 10.1 Å². The molecule has 0 aromatic heterocycles. The summed E-state index contributed by atoms with van der Waals surface area (Å²) in [5, 5.41) is 11.9. The lowest BCUT2D eigenvalue weighted by Crippen LogP contribution is -2.27. The second-order valence-electron chi connectivity index (χ2n) is 5.35. The standard InChI is InChI=1S/C8H17NO.C7H8O3S/c10-7-1-2-8-3-5-9-6-4-8;1-6-2-4-7(5-3-6)11(8,9)10/h8-10H,1-7H2;2-5H,1H3,(H,8,9,10). The first-order valence-corrected chi connectivity index (χ1v) is 8.73. The molecule has 0 radical (unpaired) electrons. The number of benzene rings is 1. The van der Waals surface area contributed by atoms with Crippen LogP contribution in [0.1, 0.15) is 31.2 Å². The number of piperidine rings is 1. The summed E-state index contributed by atoms with van der Waals surface area (Å²) in [7, 11) is -4.02. The fourth-order valence-electron chi connectivity index (χ4n) is 2.26. The van der Waals surface area contributed by atoms with Crippen molar-refractivity contribution in [2.75, 3.05) is 19.7 Å². The molecule has 5 nitrogen and oxygen atoms in total. The Morgan fingerprint density at radius 3 is 2.24 bits per heavy atom. The molecule has 0 saturated carbocycles. The Balaban J connectivity index is 0.000000211. The summed E-state index contributed by atoms with van der Waals surface area (Å²) in [6, 6.07) is 5.99. The van der Waals surface area contributed by atoms with Crippen LogP contribution < -0.4 is 5.32 Å². The molecule has 3 N–H and O–H groups in total. The summed E-state index contributed by atoms with van der Waals surface area (Å²) in [6.07, 6.45) is 4.82. The Morgan fingerprint density at radius 2 is 1.76 bits per heavy atom. The predicted molar refractivity (Wildman–Crippen MR) is 82.9 cm³/mol. The minimum atomic E-state index is -4.02. The van der Waals surface area contributed by atoms with E-state index in [1.807, 2.05) is 6.92 Å².